The summed E-state index contributed by atoms with van der Waals surface area (Å²) >= 11 is 1.24. The third kappa shape index (κ3) is 5.36. The number of furan rings is 1. The van der Waals surface area contributed by atoms with Crippen LogP contribution in [-0.2, 0) is 9.59 Å². The second kappa shape index (κ2) is 10.6. The number of nitrogens with one attached hydrogen (secondary N) is 2. The largest absolute Gasteiger partial charge is 0.464 e. The molecule has 34 heavy (non-hydrogen) atoms. The molecule has 9 heteroatoms. The topological polar surface area (TPSA) is 91.7 Å². The van der Waals surface area contributed by atoms with E-state index in [0.29, 0.717) is 10.6 Å². The van der Waals surface area contributed by atoms with E-state index in [1.807, 2.05) is 0 Å². The van der Waals surface area contributed by atoms with Gasteiger partial charge >= 0.3 is 0 Å². The SMILES string of the molecule is Cc1ccc(C(C(=O)NC2CCCC2)N(C(=O)CNC(=O)c2cccs2)c2ccccc2F)o1. The fraction of sp³-hybridized carbons (Fsp3) is 0.320. The molecular weight excluding hydrogens is 457 g/mol. The number of anilines is 1. The van der Waals surface area contributed by atoms with Crippen molar-refractivity contribution >= 4 is 34.7 Å². The Labute approximate surface area is 200 Å². The smallest absolute Gasteiger partial charge is 0.261 e. The lowest BCUT2D eigenvalue weighted by molar-refractivity contribution is -0.127. The number of carbonyl (C=O) groups excluding carboxylic acids is 3. The second-order valence-electron chi connectivity index (χ2n) is 8.22. The van der Waals surface area contributed by atoms with Crippen LogP contribution < -0.4 is 15.5 Å². The Morgan fingerprint density at radius 1 is 1.12 bits per heavy atom. The molecule has 1 atom stereocenters. The van der Waals surface area contributed by atoms with Gasteiger partial charge in [-0.2, -0.15) is 0 Å². The normalized spacial score (nSPS) is 14.5. The van der Waals surface area contributed by atoms with Crippen LogP contribution in [0, 0.1) is 12.7 Å². The van der Waals surface area contributed by atoms with Crippen molar-refractivity contribution in [3.63, 3.8) is 0 Å². The van der Waals surface area contributed by atoms with Crippen LogP contribution in [0.3, 0.4) is 0 Å². The van der Waals surface area contributed by atoms with Gasteiger partial charge in [0.1, 0.15) is 17.3 Å². The maximum atomic E-state index is 14.9. The number of hydrogen-bond acceptors (Lipinski definition) is 5. The van der Waals surface area contributed by atoms with Gasteiger partial charge in [0, 0.05) is 6.04 Å². The number of nitrogens with zero attached hydrogens (tertiary/aromatic N) is 1. The Morgan fingerprint density at radius 3 is 2.53 bits per heavy atom. The van der Waals surface area contributed by atoms with Crippen molar-refractivity contribution in [3.8, 4) is 0 Å². The van der Waals surface area contributed by atoms with Crippen molar-refractivity contribution in [1.82, 2.24) is 10.6 Å². The molecule has 1 saturated carbocycles. The lowest BCUT2D eigenvalue weighted by Crippen LogP contribution is -2.49. The van der Waals surface area contributed by atoms with Gasteiger partial charge in [0.2, 0.25) is 5.91 Å². The number of carbonyl (C=O) groups is 3. The zero-order valence-corrected chi connectivity index (χ0v) is 19.6. The van der Waals surface area contributed by atoms with E-state index < -0.39 is 36.1 Å². The molecule has 0 bridgehead atoms. The molecule has 0 aliphatic heterocycles. The fourth-order valence-electron chi connectivity index (χ4n) is 4.12. The third-order valence-corrected chi connectivity index (χ3v) is 6.63. The van der Waals surface area contributed by atoms with Crippen LogP contribution in [0.4, 0.5) is 10.1 Å². The molecule has 2 heterocycles. The Hall–Kier alpha value is -3.46. The van der Waals surface area contributed by atoms with Gasteiger partial charge in [0.05, 0.1) is 17.1 Å². The number of para-hydroxylation sites is 1. The van der Waals surface area contributed by atoms with Crippen LogP contribution in [0.5, 0.6) is 0 Å². The minimum absolute atomic E-state index is 0.0119. The van der Waals surface area contributed by atoms with Crippen LogP contribution in [-0.4, -0.2) is 30.3 Å². The van der Waals surface area contributed by atoms with Gasteiger partial charge < -0.3 is 15.1 Å². The van der Waals surface area contributed by atoms with Crippen LogP contribution in [0.1, 0.15) is 52.9 Å². The third-order valence-electron chi connectivity index (χ3n) is 5.76. The lowest BCUT2D eigenvalue weighted by Gasteiger charge is -2.31. The number of amides is 3. The van der Waals surface area contributed by atoms with Crippen molar-refractivity contribution in [2.24, 2.45) is 0 Å². The number of benzene rings is 1. The van der Waals surface area contributed by atoms with E-state index in [2.05, 4.69) is 10.6 Å². The summed E-state index contributed by atoms with van der Waals surface area (Å²) in [6.07, 6.45) is 3.72. The molecular formula is C25H26FN3O4S. The van der Waals surface area contributed by atoms with E-state index in [4.69, 9.17) is 4.42 Å². The predicted octanol–water partition coefficient (Wildman–Crippen LogP) is 4.35. The molecule has 2 N–H and O–H groups in total. The minimum atomic E-state index is -1.24. The molecule has 3 aromatic rings. The molecule has 0 radical (unpaired) electrons. The molecule has 1 aliphatic rings. The van der Waals surface area contributed by atoms with Gasteiger partial charge in [-0.05, 0) is 55.5 Å². The molecule has 2 aromatic heterocycles. The predicted molar refractivity (Wildman–Crippen MR) is 127 cm³/mol. The number of aryl methyl sites for hydroxylation is 1. The second-order valence-corrected chi connectivity index (χ2v) is 9.16. The highest BCUT2D eigenvalue weighted by molar-refractivity contribution is 7.12. The van der Waals surface area contributed by atoms with Crippen molar-refractivity contribution in [1.29, 1.82) is 0 Å². The summed E-state index contributed by atoms with van der Waals surface area (Å²) in [5, 5.41) is 7.33. The van der Waals surface area contributed by atoms with Crippen LogP contribution in [0.2, 0.25) is 0 Å². The molecule has 1 fully saturated rings. The van der Waals surface area contributed by atoms with Gasteiger partial charge in [-0.1, -0.05) is 31.0 Å². The first-order valence-electron chi connectivity index (χ1n) is 11.2. The van der Waals surface area contributed by atoms with E-state index in [-0.39, 0.29) is 17.5 Å². The molecule has 178 valence electrons. The van der Waals surface area contributed by atoms with Crippen molar-refractivity contribution in [3.05, 3.63) is 76.1 Å². The highest BCUT2D eigenvalue weighted by Gasteiger charge is 2.37. The molecule has 1 unspecified atom stereocenters. The van der Waals surface area contributed by atoms with Gasteiger partial charge in [-0.3, -0.25) is 19.3 Å². The molecule has 3 amide bonds. The first kappa shape index (κ1) is 23.7. The van der Waals surface area contributed by atoms with Crippen LogP contribution >= 0.6 is 11.3 Å². The summed E-state index contributed by atoms with van der Waals surface area (Å²) in [5.41, 5.74) is -0.0708. The van der Waals surface area contributed by atoms with Crippen molar-refractivity contribution < 1.29 is 23.2 Å². The summed E-state index contributed by atoms with van der Waals surface area (Å²) < 4.78 is 20.7. The van der Waals surface area contributed by atoms with E-state index in [9.17, 15) is 18.8 Å². The van der Waals surface area contributed by atoms with E-state index in [1.54, 1.807) is 42.6 Å². The number of halogens is 1. The Balaban J connectivity index is 1.67. The van der Waals surface area contributed by atoms with Gasteiger partial charge in [-0.15, -0.1) is 11.3 Å². The van der Waals surface area contributed by atoms with Crippen LogP contribution in [0.15, 0.2) is 58.3 Å². The summed E-state index contributed by atoms with van der Waals surface area (Å²) in [5.74, 6) is -1.41. The summed E-state index contributed by atoms with van der Waals surface area (Å²) in [6, 6.07) is 11.2. The number of thiophene rings is 1. The Bertz CT molecular complexity index is 1150. The van der Waals surface area contributed by atoms with Gasteiger partial charge in [0.25, 0.3) is 11.8 Å². The first-order valence-corrected chi connectivity index (χ1v) is 12.1. The van der Waals surface area contributed by atoms with Gasteiger partial charge in [-0.25, -0.2) is 4.39 Å². The monoisotopic (exact) mass is 483 g/mol. The highest BCUT2D eigenvalue weighted by Crippen LogP contribution is 2.32. The van der Waals surface area contributed by atoms with E-state index in [1.165, 1.54) is 29.5 Å². The number of hydrogen-bond donors (Lipinski definition) is 2. The zero-order valence-electron chi connectivity index (χ0n) is 18.8. The highest BCUT2D eigenvalue weighted by atomic mass is 32.1. The molecule has 4 rings (SSSR count). The van der Waals surface area contributed by atoms with Crippen molar-refractivity contribution in [2.45, 2.75) is 44.7 Å². The standard InChI is InChI=1S/C25H26FN3O4S/c1-16-12-13-20(33-16)23(25(32)28-17-7-2-3-8-17)29(19-10-5-4-9-18(19)26)22(30)15-27-24(31)21-11-6-14-34-21/h4-6,9-14,17,23H,2-3,7-8,15H2,1H3,(H,27,31)(H,28,32). The quantitative estimate of drug-likeness (QED) is 0.498. The lowest BCUT2D eigenvalue weighted by atomic mass is 10.1. The maximum absolute atomic E-state index is 14.9. The fourth-order valence-corrected chi connectivity index (χ4v) is 4.76. The minimum Gasteiger partial charge on any atom is -0.464 e. The molecule has 7 nitrogen and oxygen atoms in total. The maximum Gasteiger partial charge on any atom is 0.261 e. The number of rotatable bonds is 8. The summed E-state index contributed by atoms with van der Waals surface area (Å²) in [7, 11) is 0. The van der Waals surface area contributed by atoms with E-state index in [0.717, 1.165) is 30.6 Å². The Kier molecular flexibility index (Phi) is 7.42. The molecule has 0 spiro atoms. The zero-order chi connectivity index (χ0) is 24.1. The summed E-state index contributed by atoms with van der Waals surface area (Å²) in [6.45, 7) is 1.31. The van der Waals surface area contributed by atoms with Crippen LogP contribution in [0.25, 0.3) is 0 Å². The van der Waals surface area contributed by atoms with Crippen molar-refractivity contribution in [2.75, 3.05) is 11.4 Å². The molecule has 1 aromatic carbocycles. The Morgan fingerprint density at radius 2 is 1.88 bits per heavy atom. The first-order chi connectivity index (χ1) is 16.4. The summed E-state index contributed by atoms with van der Waals surface area (Å²) in [4.78, 5) is 40.9. The van der Waals surface area contributed by atoms with Gasteiger partial charge in [0.15, 0.2) is 6.04 Å². The molecule has 0 saturated heterocycles. The molecule has 1 aliphatic carbocycles. The van der Waals surface area contributed by atoms with E-state index >= 15 is 0 Å². The average molecular weight is 484 g/mol. The average Bonchev–Trinajstić information content (AvgIpc) is 3.59.